The van der Waals surface area contributed by atoms with Gasteiger partial charge in [-0.1, -0.05) is 24.9 Å². The molecule has 1 saturated heterocycles. The molecule has 1 amide bonds. The number of hydrogen-bond donors (Lipinski definition) is 1. The molecule has 0 aliphatic carbocycles. The van der Waals surface area contributed by atoms with E-state index in [1.807, 2.05) is 0 Å². The second kappa shape index (κ2) is 6.30. The molecule has 0 saturated carbocycles. The number of nitrogens with zero attached hydrogens (tertiary/aromatic N) is 2. The minimum absolute atomic E-state index is 0.0380. The summed E-state index contributed by atoms with van der Waals surface area (Å²) in [6.45, 7) is 3.44. The van der Waals surface area contributed by atoms with E-state index in [1.165, 1.54) is 6.07 Å². The Kier molecular flexibility index (Phi) is 4.67. The van der Waals surface area contributed by atoms with Crippen molar-refractivity contribution in [1.82, 2.24) is 4.90 Å². The lowest BCUT2D eigenvalue weighted by Crippen LogP contribution is -2.38. The summed E-state index contributed by atoms with van der Waals surface area (Å²) >= 11 is 5.89. The maximum Gasteiger partial charge on any atom is 0.271 e. The smallest absolute Gasteiger partial charge is 0.271 e. The maximum absolute atomic E-state index is 12.5. The first kappa shape index (κ1) is 15.6. The Morgan fingerprint density at radius 1 is 1.48 bits per heavy atom. The third kappa shape index (κ3) is 3.26. The van der Waals surface area contributed by atoms with Crippen molar-refractivity contribution >= 4 is 28.9 Å². The van der Waals surface area contributed by atoms with Gasteiger partial charge in [-0.05, 0) is 18.8 Å². The van der Waals surface area contributed by atoms with Crippen LogP contribution in [0, 0.1) is 16.0 Å². The number of carbonyl (C=O) groups excluding carboxylic acids is 1. The van der Waals surface area contributed by atoms with Crippen LogP contribution in [0.15, 0.2) is 12.1 Å². The lowest BCUT2D eigenvalue weighted by Gasteiger charge is -2.31. The van der Waals surface area contributed by atoms with Gasteiger partial charge >= 0.3 is 0 Å². The van der Waals surface area contributed by atoms with E-state index in [4.69, 9.17) is 17.3 Å². The molecule has 1 aromatic rings. The Morgan fingerprint density at radius 2 is 2.10 bits per heavy atom. The van der Waals surface area contributed by atoms with Gasteiger partial charge in [-0.3, -0.25) is 14.9 Å². The van der Waals surface area contributed by atoms with Crippen molar-refractivity contribution in [3.05, 3.63) is 32.8 Å². The van der Waals surface area contributed by atoms with Crippen LogP contribution in [0.2, 0.25) is 5.02 Å². The number of likely N-dealkylation sites (tertiary alicyclic amines) is 1. The molecule has 21 heavy (non-hydrogen) atoms. The molecule has 1 aliphatic heterocycles. The highest BCUT2D eigenvalue weighted by atomic mass is 35.5. The Balaban J connectivity index is 2.25. The highest BCUT2D eigenvalue weighted by molar-refractivity contribution is 6.34. The maximum atomic E-state index is 12.5. The first-order chi connectivity index (χ1) is 9.93. The van der Waals surface area contributed by atoms with Crippen molar-refractivity contribution in [2.45, 2.75) is 26.2 Å². The number of nitrogen functional groups attached to an aromatic ring is 1. The van der Waals surface area contributed by atoms with Crippen molar-refractivity contribution in [2.75, 3.05) is 18.8 Å². The van der Waals surface area contributed by atoms with E-state index in [9.17, 15) is 14.9 Å². The van der Waals surface area contributed by atoms with E-state index < -0.39 is 4.92 Å². The summed E-state index contributed by atoms with van der Waals surface area (Å²) in [4.78, 5) is 24.5. The zero-order valence-electron chi connectivity index (χ0n) is 11.8. The van der Waals surface area contributed by atoms with Gasteiger partial charge in [0.1, 0.15) is 0 Å². The van der Waals surface area contributed by atoms with Crippen molar-refractivity contribution in [2.24, 2.45) is 5.92 Å². The first-order valence-electron chi connectivity index (χ1n) is 6.96. The van der Waals surface area contributed by atoms with Gasteiger partial charge in [-0.2, -0.15) is 0 Å². The lowest BCUT2D eigenvalue weighted by atomic mass is 9.94. The molecule has 2 rings (SSSR count). The van der Waals surface area contributed by atoms with Crippen molar-refractivity contribution in [3.63, 3.8) is 0 Å². The molecular formula is C14H18ClN3O3. The van der Waals surface area contributed by atoms with Gasteiger partial charge in [-0.25, -0.2) is 0 Å². The Morgan fingerprint density at radius 3 is 2.62 bits per heavy atom. The van der Waals surface area contributed by atoms with Gasteiger partial charge in [-0.15, -0.1) is 0 Å². The highest BCUT2D eigenvalue weighted by Gasteiger charge is 2.26. The van der Waals surface area contributed by atoms with Crippen LogP contribution in [-0.4, -0.2) is 28.8 Å². The van der Waals surface area contributed by atoms with Crippen LogP contribution in [-0.2, 0) is 0 Å². The fourth-order valence-corrected chi connectivity index (χ4v) is 2.81. The van der Waals surface area contributed by atoms with Crippen LogP contribution >= 0.6 is 11.6 Å². The third-order valence-corrected chi connectivity index (χ3v) is 4.35. The number of halogens is 1. The molecule has 1 aliphatic rings. The number of carbonyl (C=O) groups is 1. The summed E-state index contributed by atoms with van der Waals surface area (Å²) in [5, 5.41) is 10.9. The second-order valence-electron chi connectivity index (χ2n) is 5.29. The average Bonchev–Trinajstić information content (AvgIpc) is 2.49. The van der Waals surface area contributed by atoms with Crippen LogP contribution in [0.1, 0.15) is 36.5 Å². The third-order valence-electron chi connectivity index (χ3n) is 4.03. The predicted molar refractivity (Wildman–Crippen MR) is 81.4 cm³/mol. The number of non-ortho nitro benzene ring substituents is 1. The molecule has 114 valence electrons. The lowest BCUT2D eigenvalue weighted by molar-refractivity contribution is -0.384. The summed E-state index contributed by atoms with van der Waals surface area (Å²) in [6.07, 6.45) is 3.00. The fraction of sp³-hybridized carbons (Fsp3) is 0.500. The van der Waals surface area contributed by atoms with E-state index in [0.29, 0.717) is 19.0 Å². The summed E-state index contributed by atoms with van der Waals surface area (Å²) < 4.78 is 0. The van der Waals surface area contributed by atoms with E-state index in [0.717, 1.165) is 25.3 Å². The SMILES string of the molecule is CCC1CCN(C(=O)c2cc([N+](=O)[O-])cc(Cl)c2N)CC1. The number of nitro benzene ring substituents is 1. The summed E-state index contributed by atoms with van der Waals surface area (Å²) in [5.41, 5.74) is 5.81. The summed E-state index contributed by atoms with van der Waals surface area (Å²) in [5.74, 6) is 0.354. The van der Waals surface area contributed by atoms with E-state index >= 15 is 0 Å². The van der Waals surface area contributed by atoms with Crippen molar-refractivity contribution < 1.29 is 9.72 Å². The zero-order valence-corrected chi connectivity index (χ0v) is 12.6. The molecule has 0 unspecified atom stereocenters. The van der Waals surface area contributed by atoms with Crippen LogP contribution < -0.4 is 5.73 Å². The zero-order chi connectivity index (χ0) is 15.6. The summed E-state index contributed by atoms with van der Waals surface area (Å²) in [6, 6.07) is 2.37. The molecule has 6 nitrogen and oxygen atoms in total. The number of amides is 1. The normalized spacial score (nSPS) is 16.0. The number of benzene rings is 1. The minimum Gasteiger partial charge on any atom is -0.397 e. The molecule has 0 bridgehead atoms. The van der Waals surface area contributed by atoms with Crippen LogP contribution in [0.25, 0.3) is 0 Å². The number of anilines is 1. The average molecular weight is 312 g/mol. The molecule has 0 spiro atoms. The van der Waals surface area contributed by atoms with Crippen LogP contribution in [0.4, 0.5) is 11.4 Å². The molecule has 1 aromatic carbocycles. The van der Waals surface area contributed by atoms with Gasteiger partial charge in [0.15, 0.2) is 0 Å². The quantitative estimate of drug-likeness (QED) is 0.527. The Hall–Kier alpha value is -1.82. The van der Waals surface area contributed by atoms with Crippen LogP contribution in [0.3, 0.4) is 0 Å². The van der Waals surface area contributed by atoms with Crippen molar-refractivity contribution in [3.8, 4) is 0 Å². The second-order valence-corrected chi connectivity index (χ2v) is 5.70. The van der Waals surface area contributed by atoms with E-state index in [1.54, 1.807) is 4.90 Å². The Bertz CT molecular complexity index is 569. The molecule has 0 radical (unpaired) electrons. The van der Waals surface area contributed by atoms with Crippen molar-refractivity contribution in [1.29, 1.82) is 0 Å². The predicted octanol–water partition coefficient (Wildman–Crippen LogP) is 3.09. The number of hydrogen-bond acceptors (Lipinski definition) is 4. The molecule has 0 atom stereocenters. The molecule has 1 fully saturated rings. The molecule has 1 heterocycles. The van der Waals surface area contributed by atoms with Gasteiger partial charge < -0.3 is 10.6 Å². The molecular weight excluding hydrogens is 294 g/mol. The van der Waals surface area contributed by atoms with E-state index in [2.05, 4.69) is 6.92 Å². The van der Waals surface area contributed by atoms with E-state index in [-0.39, 0.29) is 27.9 Å². The number of rotatable bonds is 3. The largest absolute Gasteiger partial charge is 0.397 e. The standard InChI is InChI=1S/C14H18ClN3O3/c1-2-9-3-5-17(6-4-9)14(19)11-7-10(18(20)21)8-12(15)13(11)16/h7-9H,2-6,16H2,1H3. The monoisotopic (exact) mass is 311 g/mol. The Labute approximate surface area is 128 Å². The van der Waals surface area contributed by atoms with Gasteiger partial charge in [0.2, 0.25) is 0 Å². The van der Waals surface area contributed by atoms with Gasteiger partial charge in [0, 0.05) is 25.2 Å². The highest BCUT2D eigenvalue weighted by Crippen LogP contribution is 2.31. The number of nitrogens with two attached hydrogens (primary N) is 1. The number of nitro groups is 1. The molecule has 0 aromatic heterocycles. The molecule has 7 heteroatoms. The fourth-order valence-electron chi connectivity index (χ4n) is 2.60. The topological polar surface area (TPSA) is 89.5 Å². The number of piperidine rings is 1. The van der Waals surface area contributed by atoms with Gasteiger partial charge in [0.25, 0.3) is 11.6 Å². The minimum atomic E-state index is -0.578. The van der Waals surface area contributed by atoms with Crippen LogP contribution in [0.5, 0.6) is 0 Å². The van der Waals surface area contributed by atoms with Gasteiger partial charge in [0.05, 0.1) is 21.2 Å². The molecule has 2 N–H and O–H groups in total. The first-order valence-corrected chi connectivity index (χ1v) is 7.34. The summed E-state index contributed by atoms with van der Waals surface area (Å²) in [7, 11) is 0.